The van der Waals surface area contributed by atoms with Crippen molar-refractivity contribution in [1.82, 2.24) is 24.9 Å². The molecule has 3 rings (SSSR count). The molecule has 0 spiro atoms. The number of carbonyl (C=O) groups is 1. The predicted molar refractivity (Wildman–Crippen MR) is 97.7 cm³/mol. The molecule has 0 saturated carbocycles. The highest BCUT2D eigenvalue weighted by Gasteiger charge is 2.30. The summed E-state index contributed by atoms with van der Waals surface area (Å²) >= 11 is 6.56. The Morgan fingerprint density at radius 1 is 1.33 bits per heavy atom. The second kappa shape index (κ2) is 8.15. The zero-order chi connectivity index (χ0) is 17.7. The van der Waals surface area contributed by atoms with E-state index in [1.807, 2.05) is 31.6 Å². The number of aromatic nitrogens is 4. The maximum Gasteiger partial charge on any atom is 0.410 e. The Balaban J connectivity index is 0.000000292. The minimum atomic E-state index is -0.441. The van der Waals surface area contributed by atoms with Crippen molar-refractivity contribution in [3.8, 4) is 0 Å². The zero-order valence-electron chi connectivity index (χ0n) is 13.9. The molecule has 0 bridgehead atoms. The van der Waals surface area contributed by atoms with Crippen molar-refractivity contribution >= 4 is 38.0 Å². The lowest BCUT2D eigenvalue weighted by atomic mass is 10.2. The summed E-state index contributed by atoms with van der Waals surface area (Å²) < 4.78 is 9.20. The average molecular weight is 463 g/mol. The summed E-state index contributed by atoms with van der Waals surface area (Å²) in [6.45, 7) is 7.01. The quantitative estimate of drug-likeness (QED) is 0.694. The van der Waals surface area contributed by atoms with E-state index in [2.05, 4.69) is 47.2 Å². The van der Waals surface area contributed by atoms with E-state index in [4.69, 9.17) is 4.74 Å². The van der Waals surface area contributed by atoms with E-state index in [0.29, 0.717) is 6.54 Å². The zero-order valence-corrected chi connectivity index (χ0v) is 17.0. The number of rotatable bonds is 1. The SMILES string of the molecule is Brc1cn[nH]c1.CC(C)(C)OC(=O)N1CCC(n2cc(Br)cn2)C1. The van der Waals surface area contributed by atoms with Gasteiger partial charge < -0.3 is 9.64 Å². The van der Waals surface area contributed by atoms with Crippen LogP contribution in [0.15, 0.2) is 33.7 Å². The molecule has 1 atom stereocenters. The fourth-order valence-corrected chi connectivity index (χ4v) is 2.71. The van der Waals surface area contributed by atoms with Gasteiger partial charge >= 0.3 is 6.09 Å². The minimum absolute atomic E-state index is 0.240. The van der Waals surface area contributed by atoms with Crippen LogP contribution in [0.5, 0.6) is 0 Å². The molecule has 1 saturated heterocycles. The summed E-state index contributed by atoms with van der Waals surface area (Å²) in [6, 6.07) is 0.240. The molecule has 1 unspecified atom stereocenters. The van der Waals surface area contributed by atoms with Crippen LogP contribution in [0.3, 0.4) is 0 Å². The number of halogens is 2. The molecular formula is C15H21Br2N5O2. The van der Waals surface area contributed by atoms with Crippen LogP contribution in [-0.4, -0.2) is 49.7 Å². The van der Waals surface area contributed by atoms with Gasteiger partial charge in [0.1, 0.15) is 5.60 Å². The molecule has 0 aliphatic carbocycles. The fraction of sp³-hybridized carbons (Fsp3) is 0.533. The number of aromatic amines is 1. The van der Waals surface area contributed by atoms with Gasteiger partial charge in [-0.2, -0.15) is 10.2 Å². The number of likely N-dealkylation sites (tertiary alicyclic amines) is 1. The van der Waals surface area contributed by atoms with Crippen LogP contribution in [0, 0.1) is 0 Å². The molecular weight excluding hydrogens is 442 g/mol. The van der Waals surface area contributed by atoms with Gasteiger partial charge in [0.15, 0.2) is 0 Å². The van der Waals surface area contributed by atoms with E-state index in [-0.39, 0.29) is 12.1 Å². The second-order valence-electron chi connectivity index (χ2n) is 6.42. The highest BCUT2D eigenvalue weighted by molar-refractivity contribution is 9.10. The van der Waals surface area contributed by atoms with E-state index in [0.717, 1.165) is 21.9 Å². The Morgan fingerprint density at radius 3 is 2.54 bits per heavy atom. The van der Waals surface area contributed by atoms with Crippen LogP contribution in [0.25, 0.3) is 0 Å². The Labute approximate surface area is 158 Å². The maximum atomic E-state index is 11.9. The highest BCUT2D eigenvalue weighted by atomic mass is 79.9. The third-order valence-corrected chi connectivity index (χ3v) is 4.07. The molecule has 3 heterocycles. The van der Waals surface area contributed by atoms with Crippen LogP contribution >= 0.6 is 31.9 Å². The molecule has 1 fully saturated rings. The lowest BCUT2D eigenvalue weighted by molar-refractivity contribution is 0.0288. The van der Waals surface area contributed by atoms with E-state index in [1.165, 1.54) is 0 Å². The standard InChI is InChI=1S/C12H18BrN3O2.C3H3BrN2/c1-12(2,3)18-11(17)15-5-4-10(8-15)16-7-9(13)6-14-16;4-3-1-5-6-2-3/h6-7,10H,4-5,8H2,1-3H3;1-2H,(H,5,6). The van der Waals surface area contributed by atoms with Gasteiger partial charge in [0.25, 0.3) is 0 Å². The van der Waals surface area contributed by atoms with Crippen molar-refractivity contribution in [1.29, 1.82) is 0 Å². The molecule has 7 nitrogen and oxygen atoms in total. The van der Waals surface area contributed by atoms with E-state index < -0.39 is 5.60 Å². The first-order valence-corrected chi connectivity index (χ1v) is 9.15. The van der Waals surface area contributed by atoms with Gasteiger partial charge in [0.2, 0.25) is 0 Å². The summed E-state index contributed by atoms with van der Waals surface area (Å²) in [5.41, 5.74) is -0.441. The molecule has 1 aliphatic heterocycles. The van der Waals surface area contributed by atoms with E-state index >= 15 is 0 Å². The van der Waals surface area contributed by atoms with Gasteiger partial charge in [-0.1, -0.05) is 0 Å². The maximum absolute atomic E-state index is 11.9. The van der Waals surface area contributed by atoms with E-state index in [1.54, 1.807) is 23.5 Å². The summed E-state index contributed by atoms with van der Waals surface area (Å²) in [5, 5.41) is 10.5. The van der Waals surface area contributed by atoms with Crippen molar-refractivity contribution in [2.24, 2.45) is 0 Å². The average Bonchev–Trinajstić information content (AvgIpc) is 3.18. The van der Waals surface area contributed by atoms with Crippen molar-refractivity contribution in [3.05, 3.63) is 33.7 Å². The molecule has 0 aromatic carbocycles. The predicted octanol–water partition coefficient (Wildman–Crippen LogP) is 4.00. The lowest BCUT2D eigenvalue weighted by Gasteiger charge is -2.24. The van der Waals surface area contributed by atoms with Crippen LogP contribution < -0.4 is 0 Å². The third-order valence-electron chi connectivity index (χ3n) is 3.22. The Bertz CT molecular complexity index is 651. The van der Waals surface area contributed by atoms with Crippen molar-refractivity contribution in [2.75, 3.05) is 13.1 Å². The van der Waals surface area contributed by atoms with Crippen molar-refractivity contribution in [2.45, 2.75) is 38.8 Å². The summed E-state index contributed by atoms with van der Waals surface area (Å²) in [5.74, 6) is 0. The van der Waals surface area contributed by atoms with Crippen LogP contribution in [0.4, 0.5) is 4.79 Å². The van der Waals surface area contributed by atoms with Gasteiger partial charge in [-0.3, -0.25) is 9.78 Å². The largest absolute Gasteiger partial charge is 0.444 e. The number of carbonyl (C=O) groups excluding carboxylic acids is 1. The summed E-state index contributed by atoms with van der Waals surface area (Å²) in [6.07, 6.45) is 7.82. The first kappa shape index (κ1) is 19.0. The smallest absolute Gasteiger partial charge is 0.410 e. The van der Waals surface area contributed by atoms with Gasteiger partial charge in [-0.05, 0) is 59.1 Å². The number of hydrogen-bond acceptors (Lipinski definition) is 4. The van der Waals surface area contributed by atoms with Gasteiger partial charge in [0.05, 0.1) is 27.4 Å². The van der Waals surface area contributed by atoms with Gasteiger partial charge in [-0.15, -0.1) is 0 Å². The van der Waals surface area contributed by atoms with Gasteiger partial charge in [0, 0.05) is 25.5 Å². The fourth-order valence-electron chi connectivity index (χ4n) is 2.20. The topological polar surface area (TPSA) is 76.0 Å². The molecule has 24 heavy (non-hydrogen) atoms. The minimum Gasteiger partial charge on any atom is -0.444 e. The first-order chi connectivity index (χ1) is 11.2. The number of nitrogens with one attached hydrogen (secondary N) is 1. The molecule has 132 valence electrons. The normalized spacial score (nSPS) is 17.4. The van der Waals surface area contributed by atoms with Crippen LogP contribution in [0.1, 0.15) is 33.2 Å². The Hall–Kier alpha value is -1.35. The molecule has 0 radical (unpaired) electrons. The number of hydrogen-bond donors (Lipinski definition) is 1. The van der Waals surface area contributed by atoms with Crippen molar-refractivity contribution < 1.29 is 9.53 Å². The molecule has 1 N–H and O–H groups in total. The Morgan fingerprint density at radius 2 is 2.08 bits per heavy atom. The Kier molecular flexibility index (Phi) is 6.45. The second-order valence-corrected chi connectivity index (χ2v) is 8.26. The number of nitrogens with zero attached hydrogens (tertiary/aromatic N) is 4. The van der Waals surface area contributed by atoms with E-state index in [9.17, 15) is 4.79 Å². The van der Waals surface area contributed by atoms with Crippen molar-refractivity contribution in [3.63, 3.8) is 0 Å². The molecule has 9 heteroatoms. The number of ether oxygens (including phenoxy) is 1. The number of H-pyrrole nitrogens is 1. The van der Waals surface area contributed by atoms with Crippen LogP contribution in [0.2, 0.25) is 0 Å². The van der Waals surface area contributed by atoms with Crippen LogP contribution in [-0.2, 0) is 4.74 Å². The molecule has 2 aromatic rings. The lowest BCUT2D eigenvalue weighted by Crippen LogP contribution is -2.35. The summed E-state index contributed by atoms with van der Waals surface area (Å²) in [4.78, 5) is 13.6. The summed E-state index contributed by atoms with van der Waals surface area (Å²) in [7, 11) is 0. The highest BCUT2D eigenvalue weighted by Crippen LogP contribution is 2.24. The van der Waals surface area contributed by atoms with Gasteiger partial charge in [-0.25, -0.2) is 4.79 Å². The number of amides is 1. The monoisotopic (exact) mass is 461 g/mol. The molecule has 2 aromatic heterocycles. The molecule has 1 aliphatic rings. The third kappa shape index (κ3) is 5.94. The molecule has 1 amide bonds. The first-order valence-electron chi connectivity index (χ1n) is 7.56.